The number of aromatic nitrogens is 1. The van der Waals surface area contributed by atoms with Gasteiger partial charge in [0.15, 0.2) is 5.76 Å². The molecule has 1 atom stereocenters. The Hall–Kier alpha value is -2.67. The maximum absolute atomic E-state index is 13.6. The molecule has 1 fully saturated rings. The van der Waals surface area contributed by atoms with Crippen LogP contribution in [0.1, 0.15) is 71.0 Å². The molecule has 1 unspecified atom stereocenters. The molecule has 0 spiro atoms. The van der Waals surface area contributed by atoms with E-state index in [4.69, 9.17) is 4.74 Å². The lowest BCUT2D eigenvalue weighted by molar-refractivity contribution is -0.132. The number of nitrogens with zero attached hydrogens (tertiary/aromatic N) is 2. The average molecular weight is 441 g/mol. The molecule has 0 bridgehead atoms. The predicted molar refractivity (Wildman–Crippen MR) is 120 cm³/mol. The number of rotatable bonds is 6. The highest BCUT2D eigenvalue weighted by molar-refractivity contribution is 7.14. The smallest absolute Gasteiger partial charge is 0.290 e. The summed E-state index contributed by atoms with van der Waals surface area (Å²) in [5, 5.41) is 11.7. The van der Waals surface area contributed by atoms with Gasteiger partial charge in [0.1, 0.15) is 5.75 Å². The van der Waals surface area contributed by atoms with E-state index in [0.29, 0.717) is 22.9 Å². The first kappa shape index (κ1) is 21.6. The van der Waals surface area contributed by atoms with Gasteiger partial charge in [-0.25, -0.2) is 4.98 Å². The monoisotopic (exact) mass is 440 g/mol. The van der Waals surface area contributed by atoms with Gasteiger partial charge < -0.3 is 14.7 Å². The van der Waals surface area contributed by atoms with Gasteiger partial charge in [-0.3, -0.25) is 9.59 Å². The first-order valence-electron chi connectivity index (χ1n) is 10.9. The fourth-order valence-corrected chi connectivity index (χ4v) is 5.60. The fourth-order valence-electron chi connectivity index (χ4n) is 4.72. The van der Waals surface area contributed by atoms with Crippen molar-refractivity contribution < 1.29 is 19.4 Å². The van der Waals surface area contributed by atoms with E-state index in [1.807, 2.05) is 38.1 Å². The molecule has 1 aliphatic heterocycles. The zero-order chi connectivity index (χ0) is 22.1. The topological polar surface area (TPSA) is 79.7 Å². The Labute approximate surface area is 186 Å². The van der Waals surface area contributed by atoms with Gasteiger partial charge in [-0.05, 0) is 51.3 Å². The number of aryl methyl sites for hydroxylation is 2. The minimum Gasteiger partial charge on any atom is -0.503 e. The number of ether oxygens (including phenoxy) is 1. The number of benzene rings is 1. The standard InChI is InChI=1S/C24H28N2O4S/c1-4-30-18-12-8-9-16(13-18)20-19(21(27)23-14(2)25-15(3)31-23)22(28)24(29)26(20)17-10-6-5-7-11-17/h8-9,12-13,17,20,28H,4-7,10-11H2,1-3H3. The number of ketones is 1. The maximum atomic E-state index is 13.6. The number of aliphatic hydroxyl groups excluding tert-OH is 1. The van der Waals surface area contributed by atoms with Crippen LogP contribution >= 0.6 is 11.3 Å². The summed E-state index contributed by atoms with van der Waals surface area (Å²) in [5.41, 5.74) is 1.55. The van der Waals surface area contributed by atoms with Crippen LogP contribution in [-0.2, 0) is 4.79 Å². The zero-order valence-electron chi connectivity index (χ0n) is 18.2. The Morgan fingerprint density at radius 3 is 2.65 bits per heavy atom. The van der Waals surface area contributed by atoms with E-state index in [9.17, 15) is 14.7 Å². The van der Waals surface area contributed by atoms with E-state index in [0.717, 1.165) is 42.7 Å². The van der Waals surface area contributed by atoms with E-state index in [2.05, 4.69) is 4.98 Å². The van der Waals surface area contributed by atoms with Crippen molar-refractivity contribution in [1.29, 1.82) is 0 Å². The van der Waals surface area contributed by atoms with Gasteiger partial charge in [-0.15, -0.1) is 11.3 Å². The Kier molecular flexibility index (Phi) is 6.14. The van der Waals surface area contributed by atoms with E-state index >= 15 is 0 Å². The Morgan fingerprint density at radius 2 is 2.00 bits per heavy atom. The van der Waals surface area contributed by atoms with Crippen LogP contribution in [-0.4, -0.2) is 39.3 Å². The van der Waals surface area contributed by atoms with Crippen LogP contribution in [0.5, 0.6) is 5.75 Å². The Morgan fingerprint density at radius 1 is 1.26 bits per heavy atom. The van der Waals surface area contributed by atoms with Crippen LogP contribution in [0.15, 0.2) is 35.6 Å². The first-order valence-corrected chi connectivity index (χ1v) is 11.7. The first-order chi connectivity index (χ1) is 14.9. The number of Topliss-reactive ketones (excluding diaryl/α,β-unsaturated/α-hetero) is 1. The molecule has 2 aromatic rings. The molecule has 1 amide bonds. The largest absolute Gasteiger partial charge is 0.503 e. The average Bonchev–Trinajstić information content (AvgIpc) is 3.24. The lowest BCUT2D eigenvalue weighted by Gasteiger charge is -2.36. The van der Waals surface area contributed by atoms with Crippen molar-refractivity contribution in [3.63, 3.8) is 0 Å². The summed E-state index contributed by atoms with van der Waals surface area (Å²) in [6.07, 6.45) is 4.98. The molecule has 1 N–H and O–H groups in total. The molecule has 4 rings (SSSR count). The summed E-state index contributed by atoms with van der Waals surface area (Å²) in [6, 6.07) is 6.85. The highest BCUT2D eigenvalue weighted by Gasteiger charge is 2.47. The zero-order valence-corrected chi connectivity index (χ0v) is 19.0. The van der Waals surface area contributed by atoms with Crippen molar-refractivity contribution in [2.75, 3.05) is 6.61 Å². The van der Waals surface area contributed by atoms with Gasteiger partial charge in [-0.2, -0.15) is 0 Å². The molecule has 1 aromatic carbocycles. The molecule has 31 heavy (non-hydrogen) atoms. The van der Waals surface area contributed by atoms with Gasteiger partial charge in [0.2, 0.25) is 5.78 Å². The van der Waals surface area contributed by atoms with Gasteiger partial charge in [0.25, 0.3) is 5.91 Å². The van der Waals surface area contributed by atoms with Crippen LogP contribution in [0.3, 0.4) is 0 Å². The second-order valence-electron chi connectivity index (χ2n) is 8.15. The minimum atomic E-state index is -0.634. The molecule has 0 saturated heterocycles. The number of hydrogen-bond acceptors (Lipinski definition) is 6. The number of hydrogen-bond donors (Lipinski definition) is 1. The van der Waals surface area contributed by atoms with Crippen molar-refractivity contribution in [3.8, 4) is 5.75 Å². The third-order valence-corrected chi connectivity index (χ3v) is 7.12. The fraction of sp³-hybridized carbons (Fsp3) is 0.458. The van der Waals surface area contributed by atoms with Crippen LogP contribution in [0.2, 0.25) is 0 Å². The number of carbonyl (C=O) groups is 2. The third kappa shape index (κ3) is 3.99. The molecule has 1 saturated carbocycles. The summed E-state index contributed by atoms with van der Waals surface area (Å²) >= 11 is 1.30. The molecule has 1 aromatic heterocycles. The Balaban J connectivity index is 1.82. The number of carbonyl (C=O) groups excluding carboxylic acids is 2. The summed E-state index contributed by atoms with van der Waals surface area (Å²) < 4.78 is 5.67. The number of thiazole rings is 1. The molecular weight excluding hydrogens is 412 g/mol. The van der Waals surface area contributed by atoms with Crippen molar-refractivity contribution in [3.05, 3.63) is 56.7 Å². The molecular formula is C24H28N2O4S. The van der Waals surface area contributed by atoms with E-state index in [1.165, 1.54) is 11.3 Å². The second kappa shape index (κ2) is 8.83. The van der Waals surface area contributed by atoms with Gasteiger partial charge in [0, 0.05) is 6.04 Å². The molecule has 2 heterocycles. The number of amides is 1. The molecule has 164 valence electrons. The van der Waals surface area contributed by atoms with Crippen molar-refractivity contribution in [1.82, 2.24) is 9.88 Å². The maximum Gasteiger partial charge on any atom is 0.290 e. The van der Waals surface area contributed by atoms with Gasteiger partial charge in [0.05, 0.1) is 33.8 Å². The highest BCUT2D eigenvalue weighted by Crippen LogP contribution is 2.44. The second-order valence-corrected chi connectivity index (χ2v) is 9.35. The van der Waals surface area contributed by atoms with E-state index in [1.54, 1.807) is 11.8 Å². The highest BCUT2D eigenvalue weighted by atomic mass is 32.1. The predicted octanol–water partition coefficient (Wildman–Crippen LogP) is 5.07. The molecule has 1 aliphatic carbocycles. The SMILES string of the molecule is CCOc1cccc(C2C(C(=O)c3sc(C)nc3C)=C(O)C(=O)N2C2CCCCC2)c1. The third-order valence-electron chi connectivity index (χ3n) is 6.05. The van der Waals surface area contributed by atoms with Crippen LogP contribution < -0.4 is 4.74 Å². The summed E-state index contributed by atoms with van der Waals surface area (Å²) in [5.74, 6) is -0.535. The lowest BCUT2D eigenvalue weighted by atomic mass is 9.90. The van der Waals surface area contributed by atoms with Gasteiger partial charge in [-0.1, -0.05) is 31.4 Å². The summed E-state index contributed by atoms with van der Waals surface area (Å²) in [7, 11) is 0. The van der Waals surface area contributed by atoms with Crippen LogP contribution in [0.25, 0.3) is 0 Å². The number of aliphatic hydroxyl groups is 1. The Bertz CT molecular complexity index is 1040. The van der Waals surface area contributed by atoms with Crippen molar-refractivity contribution in [2.24, 2.45) is 0 Å². The quantitative estimate of drug-likeness (QED) is 0.635. The molecule has 6 nitrogen and oxygen atoms in total. The summed E-state index contributed by atoms with van der Waals surface area (Å²) in [6.45, 7) is 6.07. The van der Waals surface area contributed by atoms with Crippen LogP contribution in [0, 0.1) is 13.8 Å². The minimum absolute atomic E-state index is 0.00116. The normalized spacial score (nSPS) is 19.9. The lowest BCUT2D eigenvalue weighted by Crippen LogP contribution is -2.41. The molecule has 0 radical (unpaired) electrons. The van der Waals surface area contributed by atoms with Gasteiger partial charge >= 0.3 is 0 Å². The van der Waals surface area contributed by atoms with Crippen molar-refractivity contribution >= 4 is 23.0 Å². The summed E-state index contributed by atoms with van der Waals surface area (Å²) in [4.78, 5) is 33.4. The van der Waals surface area contributed by atoms with E-state index < -0.39 is 17.7 Å². The molecule has 7 heteroatoms. The van der Waals surface area contributed by atoms with E-state index in [-0.39, 0.29) is 17.4 Å². The van der Waals surface area contributed by atoms with Crippen molar-refractivity contribution in [2.45, 2.75) is 65.0 Å². The van der Waals surface area contributed by atoms with Crippen LogP contribution in [0.4, 0.5) is 0 Å². The molecule has 2 aliphatic rings.